The van der Waals surface area contributed by atoms with Crippen LogP contribution in [0.3, 0.4) is 0 Å². The van der Waals surface area contributed by atoms with Crippen molar-refractivity contribution in [1.29, 1.82) is 0 Å². The quantitative estimate of drug-likeness (QED) is 0.861. The minimum absolute atomic E-state index is 0.0292. The maximum atomic E-state index is 12.2. The summed E-state index contributed by atoms with van der Waals surface area (Å²) in [5.74, 6) is 0.132. The third kappa shape index (κ3) is 3.99. The second-order valence-electron chi connectivity index (χ2n) is 6.42. The first-order valence-corrected chi connectivity index (χ1v) is 8.52. The van der Waals surface area contributed by atoms with Gasteiger partial charge in [-0.05, 0) is 43.4 Å². The number of hydrogen-bond acceptors (Lipinski definition) is 4. The van der Waals surface area contributed by atoms with E-state index in [4.69, 9.17) is 14.6 Å². The van der Waals surface area contributed by atoms with Gasteiger partial charge in [0.25, 0.3) is 0 Å². The molecule has 1 aliphatic heterocycles. The standard InChI is InChI=1S/C18H23NO5/c20-17(13-2-1-3-14(11-13)18(21)22)19-7-6-12-4-5-15-16(10-12)24-9-8-23-15/h4-5,10,13-14H,1-3,6-9,11H2,(H,19,20)(H,21,22)/t13-,14-/m1/s1. The third-order valence-corrected chi connectivity index (χ3v) is 4.71. The molecule has 6 nitrogen and oxygen atoms in total. The van der Waals surface area contributed by atoms with Crippen LogP contribution in [0, 0.1) is 11.8 Å². The van der Waals surface area contributed by atoms with E-state index in [1.165, 1.54) is 0 Å². The molecular formula is C18H23NO5. The fourth-order valence-corrected chi connectivity index (χ4v) is 3.37. The van der Waals surface area contributed by atoms with Gasteiger partial charge in [-0.15, -0.1) is 0 Å². The van der Waals surface area contributed by atoms with E-state index in [1.54, 1.807) is 0 Å². The highest BCUT2D eigenvalue weighted by Crippen LogP contribution is 2.31. The van der Waals surface area contributed by atoms with Crippen LogP contribution in [0.15, 0.2) is 18.2 Å². The molecule has 3 rings (SSSR count). The van der Waals surface area contributed by atoms with E-state index < -0.39 is 5.97 Å². The van der Waals surface area contributed by atoms with E-state index in [1.807, 2.05) is 18.2 Å². The number of carbonyl (C=O) groups is 2. The summed E-state index contributed by atoms with van der Waals surface area (Å²) < 4.78 is 11.0. The van der Waals surface area contributed by atoms with Crippen LogP contribution >= 0.6 is 0 Å². The molecule has 1 aliphatic carbocycles. The highest BCUT2D eigenvalue weighted by Gasteiger charge is 2.30. The van der Waals surface area contributed by atoms with E-state index in [0.29, 0.717) is 39.0 Å². The topological polar surface area (TPSA) is 84.9 Å². The van der Waals surface area contributed by atoms with Gasteiger partial charge in [0.15, 0.2) is 11.5 Å². The molecule has 2 aliphatic rings. The molecule has 0 aromatic heterocycles. The first kappa shape index (κ1) is 16.6. The van der Waals surface area contributed by atoms with Crippen molar-refractivity contribution in [1.82, 2.24) is 5.32 Å². The molecule has 1 aromatic rings. The van der Waals surface area contributed by atoms with Gasteiger partial charge >= 0.3 is 5.97 Å². The van der Waals surface area contributed by atoms with Crippen molar-refractivity contribution in [2.24, 2.45) is 11.8 Å². The fourth-order valence-electron chi connectivity index (χ4n) is 3.37. The second kappa shape index (κ2) is 7.55. The molecule has 1 aromatic carbocycles. The number of amides is 1. The van der Waals surface area contributed by atoms with Crippen LogP contribution in [-0.4, -0.2) is 36.7 Å². The van der Waals surface area contributed by atoms with Crippen LogP contribution < -0.4 is 14.8 Å². The van der Waals surface area contributed by atoms with Gasteiger partial charge < -0.3 is 19.9 Å². The molecule has 2 atom stereocenters. The van der Waals surface area contributed by atoms with Crippen LogP contribution in [0.5, 0.6) is 11.5 Å². The number of ether oxygens (including phenoxy) is 2. The SMILES string of the molecule is O=C(O)[C@@H]1CCC[C@@H](C(=O)NCCc2ccc3c(c2)OCCO3)C1. The highest BCUT2D eigenvalue weighted by molar-refractivity contribution is 5.80. The summed E-state index contributed by atoms with van der Waals surface area (Å²) in [7, 11) is 0. The van der Waals surface area contributed by atoms with Gasteiger partial charge in [-0.1, -0.05) is 12.5 Å². The van der Waals surface area contributed by atoms with E-state index in [9.17, 15) is 9.59 Å². The Morgan fingerprint density at radius 3 is 2.67 bits per heavy atom. The molecule has 6 heteroatoms. The molecule has 2 N–H and O–H groups in total. The lowest BCUT2D eigenvalue weighted by atomic mass is 9.81. The molecule has 24 heavy (non-hydrogen) atoms. The lowest BCUT2D eigenvalue weighted by Crippen LogP contribution is -2.36. The van der Waals surface area contributed by atoms with Crippen LogP contribution in [0.2, 0.25) is 0 Å². The molecule has 1 heterocycles. The summed E-state index contributed by atoms with van der Waals surface area (Å²) >= 11 is 0. The maximum absolute atomic E-state index is 12.2. The Bertz CT molecular complexity index is 615. The van der Waals surface area contributed by atoms with Crippen molar-refractivity contribution in [3.05, 3.63) is 23.8 Å². The zero-order valence-corrected chi connectivity index (χ0v) is 13.6. The fraction of sp³-hybridized carbons (Fsp3) is 0.556. The Morgan fingerprint density at radius 1 is 1.12 bits per heavy atom. The highest BCUT2D eigenvalue weighted by atomic mass is 16.6. The monoisotopic (exact) mass is 333 g/mol. The van der Waals surface area contributed by atoms with Gasteiger partial charge in [-0.3, -0.25) is 9.59 Å². The Kier molecular flexibility index (Phi) is 5.23. The first-order valence-electron chi connectivity index (χ1n) is 8.52. The third-order valence-electron chi connectivity index (χ3n) is 4.71. The van der Waals surface area contributed by atoms with Gasteiger partial charge in [0.05, 0.1) is 5.92 Å². The summed E-state index contributed by atoms with van der Waals surface area (Å²) in [6.45, 7) is 1.66. The number of aliphatic carboxylic acids is 1. The molecule has 1 saturated carbocycles. The molecule has 0 unspecified atom stereocenters. The van der Waals surface area contributed by atoms with Gasteiger partial charge in [0.2, 0.25) is 5.91 Å². The number of carbonyl (C=O) groups excluding carboxylic acids is 1. The summed E-state index contributed by atoms with van der Waals surface area (Å²) in [4.78, 5) is 23.3. The van der Waals surface area contributed by atoms with Crippen LogP contribution in [0.1, 0.15) is 31.2 Å². The van der Waals surface area contributed by atoms with E-state index in [2.05, 4.69) is 5.32 Å². The number of carboxylic acids is 1. The molecule has 0 radical (unpaired) electrons. The smallest absolute Gasteiger partial charge is 0.306 e. The zero-order chi connectivity index (χ0) is 16.9. The van der Waals surface area contributed by atoms with Crippen molar-refractivity contribution >= 4 is 11.9 Å². The summed E-state index contributed by atoms with van der Waals surface area (Å²) in [5, 5.41) is 12.0. The molecule has 0 bridgehead atoms. The van der Waals surface area contributed by atoms with Crippen molar-refractivity contribution in [2.75, 3.05) is 19.8 Å². The van der Waals surface area contributed by atoms with E-state index in [-0.39, 0.29) is 17.7 Å². The Labute approximate surface area is 141 Å². The molecular weight excluding hydrogens is 310 g/mol. The van der Waals surface area contributed by atoms with Crippen molar-refractivity contribution in [2.45, 2.75) is 32.1 Å². The van der Waals surface area contributed by atoms with Gasteiger partial charge in [-0.25, -0.2) is 0 Å². The minimum atomic E-state index is -0.788. The average Bonchev–Trinajstić information content (AvgIpc) is 2.61. The lowest BCUT2D eigenvalue weighted by molar-refractivity contribution is -0.144. The normalized spacial score (nSPS) is 22.7. The second-order valence-corrected chi connectivity index (χ2v) is 6.42. The number of fused-ring (bicyclic) bond motifs is 1. The van der Waals surface area contributed by atoms with Gasteiger partial charge in [0, 0.05) is 12.5 Å². The van der Waals surface area contributed by atoms with Gasteiger partial charge in [-0.2, -0.15) is 0 Å². The number of nitrogens with one attached hydrogen (secondary N) is 1. The summed E-state index contributed by atoms with van der Waals surface area (Å²) in [6.07, 6.45) is 3.41. The van der Waals surface area contributed by atoms with Crippen LogP contribution in [-0.2, 0) is 16.0 Å². The molecule has 0 spiro atoms. The number of hydrogen-bond donors (Lipinski definition) is 2. The Morgan fingerprint density at radius 2 is 1.88 bits per heavy atom. The summed E-state index contributed by atoms with van der Waals surface area (Å²) in [6, 6.07) is 5.81. The molecule has 1 fully saturated rings. The Balaban J connectivity index is 1.47. The number of benzene rings is 1. The maximum Gasteiger partial charge on any atom is 0.306 e. The molecule has 0 saturated heterocycles. The van der Waals surface area contributed by atoms with Crippen LogP contribution in [0.4, 0.5) is 0 Å². The Hall–Kier alpha value is -2.24. The molecule has 130 valence electrons. The van der Waals surface area contributed by atoms with Crippen molar-refractivity contribution in [3.63, 3.8) is 0 Å². The predicted octanol–water partition coefficient (Wildman–Crippen LogP) is 2.01. The average molecular weight is 333 g/mol. The van der Waals surface area contributed by atoms with Crippen molar-refractivity contribution < 1.29 is 24.2 Å². The predicted molar refractivity (Wildman–Crippen MR) is 87.2 cm³/mol. The van der Waals surface area contributed by atoms with E-state index >= 15 is 0 Å². The first-order chi connectivity index (χ1) is 11.6. The molecule has 1 amide bonds. The number of carboxylic acid groups (broad SMARTS) is 1. The van der Waals surface area contributed by atoms with Gasteiger partial charge in [0.1, 0.15) is 13.2 Å². The van der Waals surface area contributed by atoms with Crippen LogP contribution in [0.25, 0.3) is 0 Å². The largest absolute Gasteiger partial charge is 0.486 e. The van der Waals surface area contributed by atoms with E-state index in [0.717, 1.165) is 29.9 Å². The summed E-state index contributed by atoms with van der Waals surface area (Å²) in [5.41, 5.74) is 1.08. The zero-order valence-electron chi connectivity index (χ0n) is 13.6. The van der Waals surface area contributed by atoms with Crippen molar-refractivity contribution in [3.8, 4) is 11.5 Å². The minimum Gasteiger partial charge on any atom is -0.486 e. The lowest BCUT2D eigenvalue weighted by Gasteiger charge is -2.25. The number of rotatable bonds is 5.